The Morgan fingerprint density at radius 1 is 1.26 bits per heavy atom. The first-order valence-corrected chi connectivity index (χ1v) is 7.97. The number of hydrogen-bond acceptors (Lipinski definition) is 3. The fraction of sp³-hybridized carbons (Fsp3) is 1.00. The van der Waals surface area contributed by atoms with Gasteiger partial charge in [0.05, 0.1) is 6.61 Å². The molecule has 2 aliphatic rings. The normalized spacial score (nSPS) is 30.8. The molecule has 2 fully saturated rings. The largest absolute Gasteiger partial charge is 0.380 e. The summed E-state index contributed by atoms with van der Waals surface area (Å²) in [6, 6.07) is 1.29. The molecule has 0 heterocycles. The van der Waals surface area contributed by atoms with Crippen LogP contribution in [0.25, 0.3) is 0 Å². The van der Waals surface area contributed by atoms with Gasteiger partial charge in [0.25, 0.3) is 0 Å². The van der Waals surface area contributed by atoms with Gasteiger partial charge in [-0.05, 0) is 57.5 Å². The highest BCUT2D eigenvalue weighted by atomic mass is 16.5. The molecule has 2 rings (SSSR count). The molecule has 0 bridgehead atoms. The number of nitrogens with one attached hydrogen (secondary N) is 1. The maximum atomic E-state index is 5.78. The fourth-order valence-corrected chi connectivity index (χ4v) is 3.26. The maximum absolute atomic E-state index is 5.78. The van der Waals surface area contributed by atoms with E-state index in [9.17, 15) is 0 Å². The average Bonchev–Trinajstić information content (AvgIpc) is 3.17. The third-order valence-electron chi connectivity index (χ3n) is 4.93. The van der Waals surface area contributed by atoms with E-state index in [1.54, 1.807) is 0 Å². The van der Waals surface area contributed by atoms with Crippen molar-refractivity contribution < 1.29 is 4.74 Å². The molecular weight excluding hydrogens is 236 g/mol. The molecule has 0 radical (unpaired) electrons. The Balaban J connectivity index is 1.74. The van der Waals surface area contributed by atoms with E-state index in [4.69, 9.17) is 4.74 Å². The van der Waals surface area contributed by atoms with Crippen molar-refractivity contribution in [1.29, 1.82) is 0 Å². The molecule has 112 valence electrons. The average molecular weight is 268 g/mol. The van der Waals surface area contributed by atoms with Gasteiger partial charge in [0.15, 0.2) is 0 Å². The summed E-state index contributed by atoms with van der Waals surface area (Å²) in [7, 11) is 4.37. The van der Waals surface area contributed by atoms with Crippen LogP contribution in [-0.4, -0.2) is 50.8 Å². The van der Waals surface area contributed by atoms with Crippen molar-refractivity contribution in [3.63, 3.8) is 0 Å². The first kappa shape index (κ1) is 15.3. The van der Waals surface area contributed by atoms with Crippen LogP contribution < -0.4 is 5.32 Å². The van der Waals surface area contributed by atoms with Gasteiger partial charge in [0, 0.05) is 25.2 Å². The van der Waals surface area contributed by atoms with Gasteiger partial charge in [-0.1, -0.05) is 13.8 Å². The predicted molar refractivity (Wildman–Crippen MR) is 80.4 cm³/mol. The van der Waals surface area contributed by atoms with Gasteiger partial charge in [-0.3, -0.25) is 4.90 Å². The smallest absolute Gasteiger partial charge is 0.0593 e. The predicted octanol–water partition coefficient (Wildman–Crippen LogP) is 2.51. The van der Waals surface area contributed by atoms with Gasteiger partial charge in [-0.15, -0.1) is 0 Å². The number of rotatable bonds is 7. The molecule has 2 aliphatic carbocycles. The van der Waals surface area contributed by atoms with Gasteiger partial charge in [0.2, 0.25) is 0 Å². The summed E-state index contributed by atoms with van der Waals surface area (Å²) in [6.07, 6.45) is 6.68. The highest BCUT2D eigenvalue weighted by Gasteiger charge is 2.36. The van der Waals surface area contributed by atoms with Crippen LogP contribution in [0.1, 0.15) is 46.0 Å². The summed E-state index contributed by atoms with van der Waals surface area (Å²) in [6.45, 7) is 7.75. The van der Waals surface area contributed by atoms with Gasteiger partial charge in [0.1, 0.15) is 0 Å². The van der Waals surface area contributed by atoms with E-state index in [0.717, 1.165) is 25.7 Å². The van der Waals surface area contributed by atoms with Crippen LogP contribution in [-0.2, 0) is 4.74 Å². The minimum absolute atomic E-state index is 0.487. The van der Waals surface area contributed by atoms with E-state index in [0.29, 0.717) is 17.5 Å². The highest BCUT2D eigenvalue weighted by molar-refractivity contribution is 4.93. The summed E-state index contributed by atoms with van der Waals surface area (Å²) >= 11 is 0. The molecule has 3 heteroatoms. The van der Waals surface area contributed by atoms with Gasteiger partial charge < -0.3 is 10.1 Å². The molecule has 0 aromatic heterocycles. The third kappa shape index (κ3) is 4.73. The molecule has 2 saturated carbocycles. The second kappa shape index (κ2) is 6.55. The first-order valence-electron chi connectivity index (χ1n) is 7.97. The van der Waals surface area contributed by atoms with Crippen molar-refractivity contribution in [2.45, 2.75) is 58.0 Å². The molecule has 0 aliphatic heterocycles. The van der Waals surface area contributed by atoms with Gasteiger partial charge >= 0.3 is 0 Å². The summed E-state index contributed by atoms with van der Waals surface area (Å²) in [5.41, 5.74) is 0.487. The Bertz CT molecular complexity index is 276. The zero-order valence-corrected chi connectivity index (χ0v) is 13.2. The second-order valence-electron chi connectivity index (χ2n) is 7.37. The van der Waals surface area contributed by atoms with Crippen molar-refractivity contribution in [1.82, 2.24) is 10.2 Å². The lowest BCUT2D eigenvalue weighted by atomic mass is 9.72. The summed E-state index contributed by atoms with van der Waals surface area (Å²) < 4.78 is 5.78. The standard InChI is InChI=1S/C16H32N2O/c1-16(2)8-7-14(17-3)15(11-16)18(4)9-10-19-12-13-5-6-13/h13-15,17H,5-12H2,1-4H3. The summed E-state index contributed by atoms with van der Waals surface area (Å²) in [5.74, 6) is 0.879. The molecule has 2 unspecified atom stereocenters. The molecule has 3 nitrogen and oxygen atoms in total. The Morgan fingerprint density at radius 2 is 2.00 bits per heavy atom. The number of hydrogen-bond donors (Lipinski definition) is 1. The van der Waals surface area contributed by atoms with Gasteiger partial charge in [-0.25, -0.2) is 0 Å². The van der Waals surface area contributed by atoms with Crippen LogP contribution in [0.5, 0.6) is 0 Å². The van der Waals surface area contributed by atoms with Crippen molar-refractivity contribution >= 4 is 0 Å². The molecule has 0 amide bonds. The van der Waals surface area contributed by atoms with E-state index in [1.165, 1.54) is 32.1 Å². The Morgan fingerprint density at radius 3 is 2.63 bits per heavy atom. The van der Waals surface area contributed by atoms with E-state index >= 15 is 0 Å². The lowest BCUT2D eigenvalue weighted by Crippen LogP contribution is -2.53. The van der Waals surface area contributed by atoms with Crippen molar-refractivity contribution in [3.05, 3.63) is 0 Å². The van der Waals surface area contributed by atoms with Crippen LogP contribution >= 0.6 is 0 Å². The fourth-order valence-electron chi connectivity index (χ4n) is 3.26. The SMILES string of the molecule is CNC1CCC(C)(C)CC1N(C)CCOCC1CC1. The van der Waals surface area contributed by atoms with Crippen LogP contribution in [0.4, 0.5) is 0 Å². The first-order chi connectivity index (χ1) is 9.02. The van der Waals surface area contributed by atoms with E-state index in [-0.39, 0.29) is 0 Å². The lowest BCUT2D eigenvalue weighted by Gasteiger charge is -2.44. The van der Waals surface area contributed by atoms with E-state index in [1.807, 2.05) is 0 Å². The summed E-state index contributed by atoms with van der Waals surface area (Å²) in [5, 5.41) is 3.51. The quantitative estimate of drug-likeness (QED) is 0.718. The minimum Gasteiger partial charge on any atom is -0.380 e. The molecule has 0 saturated heterocycles. The van der Waals surface area contributed by atoms with E-state index in [2.05, 4.69) is 38.2 Å². The van der Waals surface area contributed by atoms with Crippen LogP contribution in [0, 0.1) is 11.3 Å². The number of likely N-dealkylation sites (N-methyl/N-ethyl adjacent to an activating group) is 2. The third-order valence-corrected chi connectivity index (χ3v) is 4.93. The minimum atomic E-state index is 0.487. The Labute approximate surface area is 119 Å². The summed E-state index contributed by atoms with van der Waals surface area (Å²) in [4.78, 5) is 2.51. The van der Waals surface area contributed by atoms with Crippen LogP contribution in [0.2, 0.25) is 0 Å². The van der Waals surface area contributed by atoms with Crippen molar-refractivity contribution in [2.24, 2.45) is 11.3 Å². The van der Waals surface area contributed by atoms with Crippen molar-refractivity contribution in [2.75, 3.05) is 33.9 Å². The molecular formula is C16H32N2O. The molecule has 0 spiro atoms. The lowest BCUT2D eigenvalue weighted by molar-refractivity contribution is 0.0500. The van der Waals surface area contributed by atoms with Crippen LogP contribution in [0.3, 0.4) is 0 Å². The Hall–Kier alpha value is -0.120. The molecule has 0 aromatic carbocycles. The van der Waals surface area contributed by atoms with Gasteiger partial charge in [-0.2, -0.15) is 0 Å². The zero-order chi connectivity index (χ0) is 13.9. The van der Waals surface area contributed by atoms with Crippen LogP contribution in [0.15, 0.2) is 0 Å². The number of ether oxygens (including phenoxy) is 1. The topological polar surface area (TPSA) is 24.5 Å². The molecule has 0 aromatic rings. The maximum Gasteiger partial charge on any atom is 0.0593 e. The molecule has 19 heavy (non-hydrogen) atoms. The zero-order valence-electron chi connectivity index (χ0n) is 13.2. The highest BCUT2D eigenvalue weighted by Crippen LogP contribution is 2.37. The monoisotopic (exact) mass is 268 g/mol. The van der Waals surface area contributed by atoms with E-state index < -0.39 is 0 Å². The Kier molecular flexibility index (Phi) is 5.27. The second-order valence-corrected chi connectivity index (χ2v) is 7.37. The molecule has 1 N–H and O–H groups in total. The molecule has 2 atom stereocenters. The van der Waals surface area contributed by atoms with Crippen molar-refractivity contribution in [3.8, 4) is 0 Å². The number of nitrogens with zero attached hydrogens (tertiary/aromatic N) is 1.